The van der Waals surface area contributed by atoms with Gasteiger partial charge in [0, 0.05) is 13.2 Å². The van der Waals surface area contributed by atoms with Crippen molar-refractivity contribution in [1.82, 2.24) is 9.55 Å². The molecule has 0 fully saturated rings. The second-order valence-electron chi connectivity index (χ2n) is 4.30. The molecule has 2 aromatic rings. The van der Waals surface area contributed by atoms with Crippen molar-refractivity contribution in [3.63, 3.8) is 0 Å². The fourth-order valence-electron chi connectivity index (χ4n) is 1.85. The maximum Gasteiger partial charge on any atom is 0.0947 e. The first-order valence-electron chi connectivity index (χ1n) is 5.38. The van der Waals surface area contributed by atoms with Gasteiger partial charge < -0.3 is 10.3 Å². The molecule has 0 amide bonds. The number of nitrogens with two attached hydrogens (primary N) is 1. The Kier molecular flexibility index (Phi) is 2.79. The molecule has 0 radical (unpaired) electrons. The van der Waals surface area contributed by atoms with Crippen LogP contribution >= 0.6 is 0 Å². The first-order valence-corrected chi connectivity index (χ1v) is 5.38. The number of hydrogen-bond donors (Lipinski definition) is 1. The number of aromatic nitrogens is 2. The SMILES string of the molecule is Cc1ccc(C)c(C(N)c2cn(C)cn2)c1. The summed E-state index contributed by atoms with van der Waals surface area (Å²) in [6.07, 6.45) is 3.74. The molecule has 2 N–H and O–H groups in total. The highest BCUT2D eigenvalue weighted by Crippen LogP contribution is 2.22. The third-order valence-corrected chi connectivity index (χ3v) is 2.81. The Morgan fingerprint density at radius 3 is 2.69 bits per heavy atom. The summed E-state index contributed by atoms with van der Waals surface area (Å²) in [7, 11) is 1.95. The topological polar surface area (TPSA) is 43.8 Å². The van der Waals surface area contributed by atoms with Gasteiger partial charge in [-0.05, 0) is 25.0 Å². The Morgan fingerprint density at radius 1 is 1.31 bits per heavy atom. The lowest BCUT2D eigenvalue weighted by Crippen LogP contribution is -2.13. The van der Waals surface area contributed by atoms with Gasteiger partial charge in [-0.25, -0.2) is 4.98 Å². The highest BCUT2D eigenvalue weighted by Gasteiger charge is 2.13. The van der Waals surface area contributed by atoms with Crippen LogP contribution in [0, 0.1) is 13.8 Å². The Morgan fingerprint density at radius 2 is 2.06 bits per heavy atom. The Hall–Kier alpha value is -1.61. The number of benzene rings is 1. The van der Waals surface area contributed by atoms with Crippen molar-refractivity contribution in [1.29, 1.82) is 0 Å². The molecule has 2 rings (SSSR count). The monoisotopic (exact) mass is 215 g/mol. The van der Waals surface area contributed by atoms with Gasteiger partial charge in [0.15, 0.2) is 0 Å². The fourth-order valence-corrected chi connectivity index (χ4v) is 1.85. The van der Waals surface area contributed by atoms with Crippen molar-refractivity contribution in [2.45, 2.75) is 19.9 Å². The van der Waals surface area contributed by atoms with Crippen molar-refractivity contribution < 1.29 is 0 Å². The van der Waals surface area contributed by atoms with Crippen LogP contribution in [0.25, 0.3) is 0 Å². The smallest absolute Gasteiger partial charge is 0.0947 e. The summed E-state index contributed by atoms with van der Waals surface area (Å²) in [5.41, 5.74) is 10.7. The first-order chi connectivity index (χ1) is 7.58. The highest BCUT2D eigenvalue weighted by atomic mass is 15.0. The molecule has 0 bridgehead atoms. The molecule has 0 saturated heterocycles. The molecule has 3 nitrogen and oxygen atoms in total. The molecule has 1 aromatic carbocycles. The molecule has 0 saturated carbocycles. The Balaban J connectivity index is 2.40. The fraction of sp³-hybridized carbons (Fsp3) is 0.308. The van der Waals surface area contributed by atoms with Crippen LogP contribution in [0.4, 0.5) is 0 Å². The average Bonchev–Trinajstić information content (AvgIpc) is 2.67. The Labute approximate surface area is 95.9 Å². The molecule has 0 aliphatic rings. The molecule has 0 spiro atoms. The van der Waals surface area contributed by atoms with Crippen LogP contribution in [0.1, 0.15) is 28.4 Å². The average molecular weight is 215 g/mol. The number of rotatable bonds is 2. The van der Waals surface area contributed by atoms with Gasteiger partial charge >= 0.3 is 0 Å². The van der Waals surface area contributed by atoms with Crippen molar-refractivity contribution in [2.75, 3.05) is 0 Å². The maximum atomic E-state index is 6.22. The van der Waals surface area contributed by atoms with Gasteiger partial charge in [-0.15, -0.1) is 0 Å². The van der Waals surface area contributed by atoms with E-state index in [0.29, 0.717) is 0 Å². The van der Waals surface area contributed by atoms with Crippen LogP contribution in [0.2, 0.25) is 0 Å². The van der Waals surface area contributed by atoms with E-state index < -0.39 is 0 Å². The molecule has 0 aliphatic heterocycles. The molecule has 1 atom stereocenters. The quantitative estimate of drug-likeness (QED) is 0.833. The summed E-state index contributed by atoms with van der Waals surface area (Å²) in [4.78, 5) is 4.30. The van der Waals surface area contributed by atoms with Crippen LogP contribution in [0.15, 0.2) is 30.7 Å². The minimum Gasteiger partial charge on any atom is -0.340 e. The van der Waals surface area contributed by atoms with Crippen LogP contribution in [0.5, 0.6) is 0 Å². The van der Waals surface area contributed by atoms with Crippen LogP contribution in [0.3, 0.4) is 0 Å². The normalized spacial score (nSPS) is 12.8. The summed E-state index contributed by atoms with van der Waals surface area (Å²) in [5.74, 6) is 0. The first kappa shape index (κ1) is 10.9. The van der Waals surface area contributed by atoms with E-state index >= 15 is 0 Å². The third-order valence-electron chi connectivity index (χ3n) is 2.81. The number of hydrogen-bond acceptors (Lipinski definition) is 2. The van der Waals surface area contributed by atoms with Gasteiger partial charge in [-0.1, -0.05) is 23.8 Å². The highest BCUT2D eigenvalue weighted by molar-refractivity contribution is 5.36. The summed E-state index contributed by atoms with van der Waals surface area (Å²) >= 11 is 0. The predicted octanol–water partition coefficient (Wildman–Crippen LogP) is 2.09. The van der Waals surface area contributed by atoms with Crippen LogP contribution < -0.4 is 5.73 Å². The zero-order valence-electron chi connectivity index (χ0n) is 9.94. The minimum atomic E-state index is -0.138. The largest absolute Gasteiger partial charge is 0.340 e. The lowest BCUT2D eigenvalue weighted by molar-refractivity contribution is 0.825. The van der Waals surface area contributed by atoms with E-state index in [1.165, 1.54) is 11.1 Å². The molecule has 84 valence electrons. The number of aryl methyl sites for hydroxylation is 3. The van der Waals surface area contributed by atoms with Gasteiger partial charge in [-0.2, -0.15) is 0 Å². The predicted molar refractivity (Wildman–Crippen MR) is 65.2 cm³/mol. The zero-order chi connectivity index (χ0) is 11.7. The van der Waals surface area contributed by atoms with Gasteiger partial charge in [0.05, 0.1) is 18.1 Å². The zero-order valence-corrected chi connectivity index (χ0v) is 9.94. The molecular formula is C13H17N3. The lowest BCUT2D eigenvalue weighted by Gasteiger charge is -2.13. The van der Waals surface area contributed by atoms with Crippen molar-refractivity contribution >= 4 is 0 Å². The van der Waals surface area contributed by atoms with E-state index in [1.807, 2.05) is 17.8 Å². The van der Waals surface area contributed by atoms with E-state index in [0.717, 1.165) is 11.3 Å². The second-order valence-corrected chi connectivity index (χ2v) is 4.30. The van der Waals surface area contributed by atoms with E-state index in [1.54, 1.807) is 6.33 Å². The van der Waals surface area contributed by atoms with E-state index in [-0.39, 0.29) is 6.04 Å². The van der Waals surface area contributed by atoms with E-state index in [2.05, 4.69) is 37.0 Å². The molecule has 1 unspecified atom stereocenters. The Bertz CT molecular complexity index is 500. The standard InChI is InChI=1S/C13H17N3/c1-9-4-5-10(2)11(6-9)13(14)12-7-16(3)8-15-12/h4-8,13H,14H2,1-3H3. The van der Waals surface area contributed by atoms with Crippen molar-refractivity contribution in [3.05, 3.63) is 53.1 Å². The van der Waals surface area contributed by atoms with E-state index in [9.17, 15) is 0 Å². The molecule has 3 heteroatoms. The molecular weight excluding hydrogens is 198 g/mol. The van der Waals surface area contributed by atoms with Crippen LogP contribution in [-0.4, -0.2) is 9.55 Å². The summed E-state index contributed by atoms with van der Waals surface area (Å²) < 4.78 is 1.92. The summed E-state index contributed by atoms with van der Waals surface area (Å²) in [5, 5.41) is 0. The number of nitrogens with zero attached hydrogens (tertiary/aromatic N) is 2. The van der Waals surface area contributed by atoms with Crippen molar-refractivity contribution in [3.8, 4) is 0 Å². The van der Waals surface area contributed by atoms with Crippen molar-refractivity contribution in [2.24, 2.45) is 12.8 Å². The van der Waals surface area contributed by atoms with Gasteiger partial charge in [-0.3, -0.25) is 0 Å². The molecule has 16 heavy (non-hydrogen) atoms. The molecule has 1 heterocycles. The molecule has 1 aromatic heterocycles. The van der Waals surface area contributed by atoms with Gasteiger partial charge in [0.25, 0.3) is 0 Å². The maximum absolute atomic E-state index is 6.22. The minimum absolute atomic E-state index is 0.138. The summed E-state index contributed by atoms with van der Waals surface area (Å²) in [6, 6.07) is 6.20. The van der Waals surface area contributed by atoms with Gasteiger partial charge in [0.1, 0.15) is 0 Å². The third kappa shape index (κ3) is 1.99. The van der Waals surface area contributed by atoms with Crippen LogP contribution in [-0.2, 0) is 7.05 Å². The molecule has 0 aliphatic carbocycles. The number of imidazole rings is 1. The van der Waals surface area contributed by atoms with Gasteiger partial charge in [0.2, 0.25) is 0 Å². The van der Waals surface area contributed by atoms with E-state index in [4.69, 9.17) is 5.73 Å². The second kappa shape index (κ2) is 4.10. The lowest BCUT2D eigenvalue weighted by atomic mass is 9.98. The summed E-state index contributed by atoms with van der Waals surface area (Å²) in [6.45, 7) is 4.16.